The lowest BCUT2D eigenvalue weighted by atomic mass is 9.88. The maximum atomic E-state index is 11.2. The zero-order chi connectivity index (χ0) is 7.78. The molecule has 1 rings (SSSR count). The highest BCUT2D eigenvalue weighted by Gasteiger charge is 2.31. The summed E-state index contributed by atoms with van der Waals surface area (Å²) in [4.78, 5) is 11.2. The van der Waals surface area contributed by atoms with Gasteiger partial charge in [0.05, 0.1) is 0 Å². The van der Waals surface area contributed by atoms with E-state index in [1.807, 2.05) is 13.8 Å². The highest BCUT2D eigenvalue weighted by Crippen LogP contribution is 2.34. The molecule has 1 aliphatic carbocycles. The predicted octanol–water partition coefficient (Wildman–Crippen LogP) is 2.32. The van der Waals surface area contributed by atoms with E-state index in [4.69, 9.17) is 0 Å². The molecule has 0 heterocycles. The summed E-state index contributed by atoms with van der Waals surface area (Å²) < 4.78 is 0. The van der Waals surface area contributed by atoms with Gasteiger partial charge in [0.1, 0.15) is 0 Å². The summed E-state index contributed by atoms with van der Waals surface area (Å²) >= 11 is 0. The molecule has 0 radical (unpaired) electrons. The molecule has 10 heavy (non-hydrogen) atoms. The molecule has 0 spiro atoms. The molecule has 0 unspecified atom stereocenters. The first-order valence-electron chi connectivity index (χ1n) is 3.80. The Hall–Kier alpha value is -0.590. The number of hydrogen-bond acceptors (Lipinski definition) is 1. The Morgan fingerprint density at radius 1 is 1.60 bits per heavy atom. The van der Waals surface area contributed by atoms with Gasteiger partial charge in [0.15, 0.2) is 5.78 Å². The van der Waals surface area contributed by atoms with E-state index >= 15 is 0 Å². The first-order chi connectivity index (χ1) is 4.56. The minimum Gasteiger partial charge on any atom is -0.294 e. The fraction of sp³-hybridized carbons (Fsp3) is 0.667. The van der Waals surface area contributed by atoms with E-state index in [9.17, 15) is 4.79 Å². The fourth-order valence-electron chi connectivity index (χ4n) is 1.31. The third kappa shape index (κ3) is 1.13. The molecule has 0 aromatic rings. The average Bonchev–Trinajstić information content (AvgIpc) is 2.08. The molecular formula is C9H14O. The lowest BCUT2D eigenvalue weighted by Gasteiger charge is -2.14. The average molecular weight is 138 g/mol. The second-order valence-corrected chi connectivity index (χ2v) is 3.58. The molecule has 0 aromatic heterocycles. The number of carbonyl (C=O) groups excluding carboxylic acids is 1. The van der Waals surface area contributed by atoms with Crippen LogP contribution in [0.25, 0.3) is 0 Å². The van der Waals surface area contributed by atoms with Crippen LogP contribution in [-0.4, -0.2) is 5.78 Å². The minimum atomic E-state index is -0.106. The highest BCUT2D eigenvalue weighted by atomic mass is 16.1. The largest absolute Gasteiger partial charge is 0.294 e. The van der Waals surface area contributed by atoms with Gasteiger partial charge >= 0.3 is 0 Å². The topological polar surface area (TPSA) is 17.1 Å². The Balaban J connectivity index is 2.76. The van der Waals surface area contributed by atoms with Gasteiger partial charge in [0, 0.05) is 5.41 Å². The van der Waals surface area contributed by atoms with E-state index in [-0.39, 0.29) is 5.41 Å². The molecule has 0 N–H and O–H groups in total. The molecule has 56 valence electrons. The van der Waals surface area contributed by atoms with E-state index in [1.165, 1.54) is 5.57 Å². The van der Waals surface area contributed by atoms with Gasteiger partial charge in [-0.1, -0.05) is 26.3 Å². The Morgan fingerprint density at radius 2 is 2.20 bits per heavy atom. The Labute approximate surface area is 62.1 Å². The van der Waals surface area contributed by atoms with Crippen molar-refractivity contribution in [1.82, 2.24) is 0 Å². The maximum Gasteiger partial charge on any atom is 0.161 e. The molecule has 0 atom stereocenters. The van der Waals surface area contributed by atoms with Crippen molar-refractivity contribution in [3.8, 4) is 0 Å². The van der Waals surface area contributed by atoms with Crippen LogP contribution in [0.2, 0.25) is 0 Å². The van der Waals surface area contributed by atoms with Crippen LogP contribution >= 0.6 is 0 Å². The minimum absolute atomic E-state index is 0.106. The molecule has 0 fully saturated rings. The van der Waals surface area contributed by atoms with Crippen LogP contribution in [0, 0.1) is 5.41 Å². The Morgan fingerprint density at radius 3 is 2.40 bits per heavy atom. The first-order valence-corrected chi connectivity index (χ1v) is 3.80. The third-order valence-corrected chi connectivity index (χ3v) is 2.13. The summed E-state index contributed by atoms with van der Waals surface area (Å²) in [5.41, 5.74) is 1.20. The van der Waals surface area contributed by atoms with Crippen LogP contribution in [0.3, 0.4) is 0 Å². The standard InChI is InChI=1S/C9H14O/c1-4-7-5-8(10)9(2,3)6-7/h5H,4,6H2,1-3H3. The van der Waals surface area contributed by atoms with Gasteiger partial charge < -0.3 is 0 Å². The van der Waals surface area contributed by atoms with Crippen molar-refractivity contribution in [2.45, 2.75) is 33.6 Å². The van der Waals surface area contributed by atoms with Gasteiger partial charge in [0.2, 0.25) is 0 Å². The van der Waals surface area contributed by atoms with Crippen LogP contribution in [0.4, 0.5) is 0 Å². The summed E-state index contributed by atoms with van der Waals surface area (Å²) in [6.45, 7) is 6.11. The second-order valence-electron chi connectivity index (χ2n) is 3.58. The zero-order valence-corrected chi connectivity index (χ0v) is 6.90. The molecule has 0 aliphatic heterocycles. The SMILES string of the molecule is CCC1=CC(=O)C(C)(C)C1. The van der Waals surface area contributed by atoms with E-state index in [2.05, 4.69) is 6.92 Å². The predicted molar refractivity (Wildman–Crippen MR) is 41.8 cm³/mol. The number of carbonyl (C=O) groups is 1. The van der Waals surface area contributed by atoms with Crippen LogP contribution in [0.5, 0.6) is 0 Å². The summed E-state index contributed by atoms with van der Waals surface area (Å²) in [6.07, 6.45) is 3.79. The van der Waals surface area contributed by atoms with Crippen LogP contribution in [0.1, 0.15) is 33.6 Å². The van der Waals surface area contributed by atoms with Crippen LogP contribution in [-0.2, 0) is 4.79 Å². The van der Waals surface area contributed by atoms with E-state index in [1.54, 1.807) is 6.08 Å². The molecule has 1 aliphatic rings. The summed E-state index contributed by atoms with van der Waals surface area (Å²) in [7, 11) is 0. The lowest BCUT2D eigenvalue weighted by Crippen LogP contribution is -2.16. The van der Waals surface area contributed by atoms with Crippen molar-refractivity contribution in [2.24, 2.45) is 5.41 Å². The van der Waals surface area contributed by atoms with Gasteiger partial charge in [-0.2, -0.15) is 0 Å². The molecule has 0 saturated heterocycles. The van der Waals surface area contributed by atoms with E-state index in [0.717, 1.165) is 12.8 Å². The van der Waals surface area contributed by atoms with Gasteiger partial charge in [-0.15, -0.1) is 0 Å². The Kier molecular flexibility index (Phi) is 1.67. The quantitative estimate of drug-likeness (QED) is 0.543. The summed E-state index contributed by atoms with van der Waals surface area (Å²) in [5.74, 6) is 0.296. The van der Waals surface area contributed by atoms with Gasteiger partial charge in [0.25, 0.3) is 0 Å². The molecule has 0 amide bonds. The fourth-order valence-corrected chi connectivity index (χ4v) is 1.31. The molecule has 0 saturated carbocycles. The maximum absolute atomic E-state index is 11.2. The smallest absolute Gasteiger partial charge is 0.161 e. The van der Waals surface area contributed by atoms with Crippen molar-refractivity contribution in [1.29, 1.82) is 0 Å². The molecule has 0 aromatic carbocycles. The first kappa shape index (κ1) is 7.52. The highest BCUT2D eigenvalue weighted by molar-refractivity contribution is 5.97. The van der Waals surface area contributed by atoms with E-state index in [0.29, 0.717) is 5.78 Å². The molecule has 0 bridgehead atoms. The summed E-state index contributed by atoms with van der Waals surface area (Å²) in [6, 6.07) is 0. The van der Waals surface area contributed by atoms with E-state index < -0.39 is 0 Å². The number of hydrogen-bond donors (Lipinski definition) is 0. The van der Waals surface area contributed by atoms with Gasteiger partial charge in [-0.25, -0.2) is 0 Å². The van der Waals surface area contributed by atoms with Crippen LogP contribution in [0.15, 0.2) is 11.6 Å². The van der Waals surface area contributed by atoms with Crippen molar-refractivity contribution >= 4 is 5.78 Å². The van der Waals surface area contributed by atoms with Gasteiger partial charge in [-0.05, 0) is 18.9 Å². The van der Waals surface area contributed by atoms with Crippen molar-refractivity contribution in [2.75, 3.05) is 0 Å². The van der Waals surface area contributed by atoms with Crippen molar-refractivity contribution < 1.29 is 4.79 Å². The number of allylic oxidation sites excluding steroid dienone is 2. The normalized spacial score (nSPS) is 23.1. The monoisotopic (exact) mass is 138 g/mol. The van der Waals surface area contributed by atoms with Gasteiger partial charge in [-0.3, -0.25) is 4.79 Å². The van der Waals surface area contributed by atoms with Crippen molar-refractivity contribution in [3.05, 3.63) is 11.6 Å². The second kappa shape index (κ2) is 2.22. The number of rotatable bonds is 1. The molecular weight excluding hydrogens is 124 g/mol. The third-order valence-electron chi connectivity index (χ3n) is 2.13. The lowest BCUT2D eigenvalue weighted by molar-refractivity contribution is -0.121. The zero-order valence-electron chi connectivity index (χ0n) is 6.90. The van der Waals surface area contributed by atoms with Crippen LogP contribution < -0.4 is 0 Å². The molecule has 1 heteroatoms. The molecule has 1 nitrogen and oxygen atoms in total. The summed E-state index contributed by atoms with van der Waals surface area (Å²) in [5, 5.41) is 0. The Bertz CT molecular complexity index is 187. The van der Waals surface area contributed by atoms with Crippen molar-refractivity contribution in [3.63, 3.8) is 0 Å². The number of ketones is 1.